The molecule has 0 spiro atoms. The number of thiazole rings is 1. The van der Waals surface area contributed by atoms with Crippen LogP contribution in [0.3, 0.4) is 0 Å². The largest absolute Gasteiger partial charge is 0.336 e. The Bertz CT molecular complexity index is 447. The molecule has 2 N–H and O–H groups in total. The Labute approximate surface area is 103 Å². The Morgan fingerprint density at radius 3 is 2.76 bits per heavy atom. The van der Waals surface area contributed by atoms with Gasteiger partial charge in [0.15, 0.2) is 0 Å². The van der Waals surface area contributed by atoms with Crippen molar-refractivity contribution in [3.63, 3.8) is 0 Å². The van der Waals surface area contributed by atoms with Gasteiger partial charge in [0, 0.05) is 11.6 Å². The van der Waals surface area contributed by atoms with Gasteiger partial charge in [-0.2, -0.15) is 5.26 Å². The average molecular weight is 252 g/mol. The highest BCUT2D eigenvalue weighted by Crippen LogP contribution is 2.21. The summed E-state index contributed by atoms with van der Waals surface area (Å²) in [7, 11) is 0. The fourth-order valence-electron chi connectivity index (χ4n) is 1.13. The molecule has 1 aromatic rings. The fourth-order valence-corrected chi connectivity index (χ4v) is 1.84. The maximum Gasteiger partial charge on any atom is 0.310 e. The molecule has 1 rings (SSSR count). The average Bonchev–Trinajstić information content (AvgIpc) is 2.79. The van der Waals surface area contributed by atoms with Gasteiger partial charge in [-0.3, -0.25) is 9.59 Å². The van der Waals surface area contributed by atoms with E-state index in [9.17, 15) is 9.59 Å². The number of amides is 2. The molecule has 90 valence electrons. The van der Waals surface area contributed by atoms with Crippen LogP contribution in [0.25, 0.3) is 0 Å². The van der Waals surface area contributed by atoms with E-state index < -0.39 is 17.4 Å². The van der Waals surface area contributed by atoms with Crippen LogP contribution in [0, 0.1) is 11.3 Å². The Balaban J connectivity index is 2.63. The molecule has 6 nitrogen and oxygen atoms in total. The van der Waals surface area contributed by atoms with E-state index in [0.29, 0.717) is 5.01 Å². The van der Waals surface area contributed by atoms with Gasteiger partial charge >= 0.3 is 11.8 Å². The number of nitriles is 1. The van der Waals surface area contributed by atoms with Gasteiger partial charge in [-0.05, 0) is 13.8 Å². The van der Waals surface area contributed by atoms with Gasteiger partial charge in [0.05, 0.1) is 11.6 Å². The second kappa shape index (κ2) is 5.41. The standard InChI is InChI=1S/C10H12N4O2S/c1-10(2,9-13-5-6-17-9)14-8(16)7(15)12-4-3-11/h5-6H,4H2,1-2H3,(H,12,15)(H,14,16). The first kappa shape index (κ1) is 13.1. The molecule has 0 fully saturated rings. The van der Waals surface area contributed by atoms with E-state index in [1.165, 1.54) is 11.3 Å². The zero-order valence-electron chi connectivity index (χ0n) is 9.48. The highest BCUT2D eigenvalue weighted by Gasteiger charge is 2.28. The van der Waals surface area contributed by atoms with Crippen LogP contribution in [-0.2, 0) is 15.1 Å². The summed E-state index contributed by atoms with van der Waals surface area (Å²) in [6.07, 6.45) is 1.63. The number of hydrogen-bond donors (Lipinski definition) is 2. The summed E-state index contributed by atoms with van der Waals surface area (Å²) in [5.41, 5.74) is -0.713. The van der Waals surface area contributed by atoms with Crippen LogP contribution in [-0.4, -0.2) is 23.3 Å². The molecule has 7 heteroatoms. The molecule has 0 unspecified atom stereocenters. The molecule has 1 heterocycles. The van der Waals surface area contributed by atoms with Crippen molar-refractivity contribution in [3.8, 4) is 6.07 Å². The number of rotatable bonds is 3. The topological polar surface area (TPSA) is 94.9 Å². The molecule has 0 aliphatic carbocycles. The lowest BCUT2D eigenvalue weighted by molar-refractivity contribution is -0.140. The second-order valence-electron chi connectivity index (χ2n) is 3.76. The predicted molar refractivity (Wildman–Crippen MR) is 61.9 cm³/mol. The van der Waals surface area contributed by atoms with Crippen molar-refractivity contribution in [3.05, 3.63) is 16.6 Å². The maximum atomic E-state index is 11.5. The van der Waals surface area contributed by atoms with E-state index in [0.717, 1.165) is 0 Å². The zero-order valence-corrected chi connectivity index (χ0v) is 10.3. The third-order valence-corrected chi connectivity index (χ3v) is 3.02. The lowest BCUT2D eigenvalue weighted by Crippen LogP contribution is -2.48. The van der Waals surface area contributed by atoms with Gasteiger partial charge < -0.3 is 10.6 Å². The van der Waals surface area contributed by atoms with Crippen LogP contribution in [0.15, 0.2) is 11.6 Å². The molecule has 0 bridgehead atoms. The van der Waals surface area contributed by atoms with Crippen LogP contribution >= 0.6 is 11.3 Å². The molecule has 0 atom stereocenters. The Morgan fingerprint density at radius 1 is 1.53 bits per heavy atom. The highest BCUT2D eigenvalue weighted by molar-refractivity contribution is 7.09. The molecule has 1 aromatic heterocycles. The normalized spacial score (nSPS) is 10.4. The quantitative estimate of drug-likeness (QED) is 0.590. The molecular formula is C10H12N4O2S. The summed E-state index contributed by atoms with van der Waals surface area (Å²) in [5.74, 6) is -1.60. The monoisotopic (exact) mass is 252 g/mol. The molecule has 0 aliphatic rings. The molecule has 0 aromatic carbocycles. The summed E-state index contributed by atoms with van der Waals surface area (Å²) in [4.78, 5) is 26.8. The molecule has 17 heavy (non-hydrogen) atoms. The maximum absolute atomic E-state index is 11.5. The van der Waals surface area contributed by atoms with Crippen molar-refractivity contribution in [2.24, 2.45) is 0 Å². The van der Waals surface area contributed by atoms with E-state index in [1.54, 1.807) is 31.5 Å². The van der Waals surface area contributed by atoms with Crippen LogP contribution < -0.4 is 10.6 Å². The minimum absolute atomic E-state index is 0.191. The van der Waals surface area contributed by atoms with E-state index in [4.69, 9.17) is 5.26 Å². The van der Waals surface area contributed by atoms with Crippen LogP contribution in [0.4, 0.5) is 0 Å². The minimum Gasteiger partial charge on any atom is -0.336 e. The number of carbonyl (C=O) groups excluding carboxylic acids is 2. The number of hydrogen-bond acceptors (Lipinski definition) is 5. The van der Waals surface area contributed by atoms with Crippen molar-refractivity contribution in [1.29, 1.82) is 5.26 Å². The Kier molecular flexibility index (Phi) is 4.17. The second-order valence-corrected chi connectivity index (χ2v) is 4.65. The lowest BCUT2D eigenvalue weighted by atomic mass is 10.1. The summed E-state index contributed by atoms with van der Waals surface area (Å²) in [5, 5.41) is 15.5. The molecular weight excluding hydrogens is 240 g/mol. The predicted octanol–water partition coefficient (Wildman–Crippen LogP) is 0.134. The van der Waals surface area contributed by atoms with Gasteiger partial charge in [0.25, 0.3) is 0 Å². The molecule has 2 amide bonds. The third kappa shape index (κ3) is 3.53. The summed E-state index contributed by atoms with van der Waals surface area (Å²) < 4.78 is 0. The third-order valence-electron chi connectivity index (χ3n) is 1.93. The summed E-state index contributed by atoms with van der Waals surface area (Å²) >= 11 is 1.39. The SMILES string of the molecule is CC(C)(NC(=O)C(=O)NCC#N)c1nccs1. The van der Waals surface area contributed by atoms with Crippen LogP contribution in [0.1, 0.15) is 18.9 Å². The van der Waals surface area contributed by atoms with Crippen molar-refractivity contribution in [2.45, 2.75) is 19.4 Å². The highest BCUT2D eigenvalue weighted by atomic mass is 32.1. The molecule has 0 saturated carbocycles. The number of carbonyl (C=O) groups is 2. The molecule has 0 radical (unpaired) electrons. The number of nitrogens with zero attached hydrogens (tertiary/aromatic N) is 2. The zero-order chi connectivity index (χ0) is 12.9. The van der Waals surface area contributed by atoms with E-state index >= 15 is 0 Å². The molecule has 0 saturated heterocycles. The van der Waals surface area contributed by atoms with Gasteiger partial charge in [-0.25, -0.2) is 4.98 Å². The first-order valence-corrected chi connectivity index (χ1v) is 5.72. The number of nitrogens with one attached hydrogen (secondary N) is 2. The van der Waals surface area contributed by atoms with Crippen LogP contribution in [0.5, 0.6) is 0 Å². The van der Waals surface area contributed by atoms with Crippen molar-refractivity contribution >= 4 is 23.2 Å². The first-order chi connectivity index (χ1) is 7.97. The summed E-state index contributed by atoms with van der Waals surface area (Å²) in [6, 6.07) is 1.72. The van der Waals surface area contributed by atoms with E-state index in [2.05, 4.69) is 15.6 Å². The van der Waals surface area contributed by atoms with Crippen LogP contribution in [0.2, 0.25) is 0 Å². The van der Waals surface area contributed by atoms with E-state index in [1.807, 2.05) is 0 Å². The lowest BCUT2D eigenvalue weighted by Gasteiger charge is -2.23. The Morgan fingerprint density at radius 2 is 2.24 bits per heavy atom. The van der Waals surface area contributed by atoms with Gasteiger partial charge in [0.1, 0.15) is 11.6 Å². The van der Waals surface area contributed by atoms with Gasteiger partial charge in [-0.1, -0.05) is 0 Å². The molecule has 0 aliphatic heterocycles. The Hall–Kier alpha value is -1.94. The summed E-state index contributed by atoms with van der Waals surface area (Å²) in [6.45, 7) is 3.31. The minimum atomic E-state index is -0.823. The van der Waals surface area contributed by atoms with Crippen molar-refractivity contribution in [1.82, 2.24) is 15.6 Å². The van der Waals surface area contributed by atoms with E-state index in [-0.39, 0.29) is 6.54 Å². The van der Waals surface area contributed by atoms with Crippen molar-refractivity contribution < 1.29 is 9.59 Å². The number of aromatic nitrogens is 1. The first-order valence-electron chi connectivity index (χ1n) is 4.84. The van der Waals surface area contributed by atoms with Gasteiger partial charge in [0.2, 0.25) is 0 Å². The smallest absolute Gasteiger partial charge is 0.310 e. The van der Waals surface area contributed by atoms with Crippen molar-refractivity contribution in [2.75, 3.05) is 6.54 Å². The fraction of sp³-hybridized carbons (Fsp3) is 0.400. The van der Waals surface area contributed by atoms with Gasteiger partial charge in [-0.15, -0.1) is 11.3 Å².